The molecule has 1 aromatic carbocycles. The average Bonchev–Trinajstić information content (AvgIpc) is 3.12. The van der Waals surface area contributed by atoms with Crippen molar-refractivity contribution in [2.24, 2.45) is 18.7 Å². The van der Waals surface area contributed by atoms with Crippen molar-refractivity contribution >= 4 is 28.0 Å². The van der Waals surface area contributed by atoms with Gasteiger partial charge in [-0.2, -0.15) is 13.2 Å². The first-order valence-electron chi connectivity index (χ1n) is 8.47. The highest BCUT2D eigenvalue weighted by atomic mass is 19.4. The molecule has 0 atom stereocenters. The monoisotopic (exact) mass is 365 g/mol. The Labute approximate surface area is 146 Å². The Morgan fingerprint density at radius 3 is 2.54 bits per heavy atom. The molecule has 2 heterocycles. The molecule has 0 aliphatic heterocycles. The zero-order valence-electron chi connectivity index (χ0n) is 14.1. The summed E-state index contributed by atoms with van der Waals surface area (Å²) >= 11 is 0. The van der Waals surface area contributed by atoms with Crippen LogP contribution in [0.3, 0.4) is 0 Å². The van der Waals surface area contributed by atoms with Gasteiger partial charge in [-0.05, 0) is 43.9 Å². The molecule has 9 heteroatoms. The minimum absolute atomic E-state index is 0.0646. The summed E-state index contributed by atoms with van der Waals surface area (Å²) in [4.78, 5) is 11.5. The molecule has 2 N–H and O–H groups in total. The Hall–Kier alpha value is -2.58. The third kappa shape index (κ3) is 2.53. The van der Waals surface area contributed by atoms with Crippen molar-refractivity contribution < 1.29 is 18.0 Å². The highest BCUT2D eigenvalue weighted by molar-refractivity contribution is 6.07. The molecule has 4 rings (SSSR count). The summed E-state index contributed by atoms with van der Waals surface area (Å²) in [6.07, 6.45) is -3.04. The largest absolute Gasteiger partial charge is 0.391 e. The zero-order valence-corrected chi connectivity index (χ0v) is 14.1. The van der Waals surface area contributed by atoms with Crippen LogP contribution in [0.4, 0.5) is 13.2 Å². The van der Waals surface area contributed by atoms with Crippen molar-refractivity contribution in [2.75, 3.05) is 0 Å². The summed E-state index contributed by atoms with van der Waals surface area (Å²) in [5, 5.41) is 8.95. The molecule has 0 unspecified atom stereocenters. The second-order valence-corrected chi connectivity index (χ2v) is 6.90. The smallest absolute Gasteiger partial charge is 0.366 e. The number of aryl methyl sites for hydroxylation is 1. The highest BCUT2D eigenvalue weighted by Gasteiger charge is 2.42. The lowest BCUT2D eigenvalue weighted by Crippen LogP contribution is -2.28. The highest BCUT2D eigenvalue weighted by Crippen LogP contribution is 2.43. The van der Waals surface area contributed by atoms with E-state index >= 15 is 0 Å². The number of amides is 1. The molecule has 1 saturated carbocycles. The van der Waals surface area contributed by atoms with Gasteiger partial charge in [0.15, 0.2) is 5.65 Å². The molecule has 1 aliphatic carbocycles. The van der Waals surface area contributed by atoms with Gasteiger partial charge in [-0.15, -0.1) is 5.10 Å². The summed E-state index contributed by atoms with van der Waals surface area (Å²) in [5.74, 6) is -1.77. The second kappa shape index (κ2) is 5.72. The van der Waals surface area contributed by atoms with E-state index in [4.69, 9.17) is 5.73 Å². The number of rotatable bonds is 2. The van der Waals surface area contributed by atoms with Gasteiger partial charge in [0.1, 0.15) is 5.52 Å². The summed E-state index contributed by atoms with van der Waals surface area (Å²) in [7, 11) is 1.75. The van der Waals surface area contributed by atoms with Crippen molar-refractivity contribution in [1.82, 2.24) is 19.6 Å². The molecule has 6 nitrogen and oxygen atoms in total. The van der Waals surface area contributed by atoms with Crippen molar-refractivity contribution in [1.29, 1.82) is 0 Å². The minimum atomic E-state index is -4.14. The van der Waals surface area contributed by atoms with Gasteiger partial charge in [-0.25, -0.2) is 4.68 Å². The van der Waals surface area contributed by atoms with E-state index in [2.05, 4.69) is 10.3 Å². The molecule has 0 radical (unpaired) electrons. The van der Waals surface area contributed by atoms with Gasteiger partial charge in [-0.1, -0.05) is 5.21 Å². The Bertz CT molecular complexity index is 995. The van der Waals surface area contributed by atoms with Gasteiger partial charge in [0.05, 0.1) is 11.4 Å². The first-order valence-corrected chi connectivity index (χ1v) is 8.47. The van der Waals surface area contributed by atoms with Crippen LogP contribution in [0.25, 0.3) is 22.1 Å². The fourth-order valence-corrected chi connectivity index (χ4v) is 4.03. The molecule has 2 aromatic heterocycles. The van der Waals surface area contributed by atoms with Crippen molar-refractivity contribution in [3.63, 3.8) is 0 Å². The standard InChI is InChI=1S/C17H18F3N5O/c1-24-16-14(22-23-24)12-8-9(15(21)26)2-7-13(12)25(16)11-5-3-10(4-6-11)17(18,19)20/h2,7-8,10-11H,3-6H2,1H3,(H2,21,26)/t10-,11+. The molecular weight excluding hydrogens is 347 g/mol. The minimum Gasteiger partial charge on any atom is -0.366 e. The lowest BCUT2D eigenvalue weighted by Gasteiger charge is -2.31. The molecule has 0 spiro atoms. The fourth-order valence-electron chi connectivity index (χ4n) is 4.03. The maximum Gasteiger partial charge on any atom is 0.391 e. The molecule has 3 aromatic rings. The predicted molar refractivity (Wildman–Crippen MR) is 89.6 cm³/mol. The molecule has 0 bridgehead atoms. The average molecular weight is 365 g/mol. The van der Waals surface area contributed by atoms with Crippen LogP contribution in [0, 0.1) is 5.92 Å². The Balaban J connectivity index is 1.81. The van der Waals surface area contributed by atoms with Crippen LogP contribution >= 0.6 is 0 Å². The number of alkyl halides is 3. The van der Waals surface area contributed by atoms with Gasteiger partial charge in [0, 0.05) is 24.0 Å². The van der Waals surface area contributed by atoms with Gasteiger partial charge >= 0.3 is 6.18 Å². The second-order valence-electron chi connectivity index (χ2n) is 6.90. The van der Waals surface area contributed by atoms with E-state index in [-0.39, 0.29) is 18.9 Å². The van der Waals surface area contributed by atoms with E-state index in [9.17, 15) is 18.0 Å². The van der Waals surface area contributed by atoms with E-state index in [0.717, 1.165) is 16.6 Å². The van der Waals surface area contributed by atoms with Crippen LogP contribution in [0.2, 0.25) is 0 Å². The van der Waals surface area contributed by atoms with E-state index in [0.29, 0.717) is 23.9 Å². The summed E-state index contributed by atoms with van der Waals surface area (Å²) in [6, 6.07) is 5.03. The lowest BCUT2D eigenvalue weighted by molar-refractivity contribution is -0.183. The lowest BCUT2D eigenvalue weighted by atomic mass is 9.85. The van der Waals surface area contributed by atoms with Gasteiger partial charge in [0.25, 0.3) is 0 Å². The number of fused-ring (bicyclic) bond motifs is 3. The number of benzene rings is 1. The number of nitrogens with two attached hydrogens (primary N) is 1. The molecule has 138 valence electrons. The Morgan fingerprint density at radius 2 is 1.92 bits per heavy atom. The Morgan fingerprint density at radius 1 is 1.23 bits per heavy atom. The third-order valence-corrected chi connectivity index (χ3v) is 5.35. The Kier molecular flexibility index (Phi) is 3.71. The van der Waals surface area contributed by atoms with Crippen LogP contribution < -0.4 is 5.73 Å². The van der Waals surface area contributed by atoms with Crippen LogP contribution in [0.15, 0.2) is 18.2 Å². The first-order chi connectivity index (χ1) is 12.3. The number of aromatic nitrogens is 4. The van der Waals surface area contributed by atoms with Crippen molar-refractivity contribution in [3.05, 3.63) is 23.8 Å². The van der Waals surface area contributed by atoms with Crippen molar-refractivity contribution in [3.8, 4) is 0 Å². The van der Waals surface area contributed by atoms with Crippen LogP contribution in [-0.2, 0) is 7.05 Å². The number of hydrogen-bond acceptors (Lipinski definition) is 3. The summed E-state index contributed by atoms with van der Waals surface area (Å²) in [6.45, 7) is 0. The van der Waals surface area contributed by atoms with Crippen LogP contribution in [0.5, 0.6) is 0 Å². The number of hydrogen-bond donors (Lipinski definition) is 1. The normalized spacial score (nSPS) is 21.5. The number of halogens is 3. The van der Waals surface area contributed by atoms with E-state index < -0.39 is 18.0 Å². The zero-order chi connectivity index (χ0) is 18.6. The van der Waals surface area contributed by atoms with Gasteiger partial charge in [-0.3, -0.25) is 4.79 Å². The topological polar surface area (TPSA) is 78.7 Å². The quantitative estimate of drug-likeness (QED) is 0.757. The summed E-state index contributed by atoms with van der Waals surface area (Å²) < 4.78 is 42.6. The first kappa shape index (κ1) is 16.9. The molecule has 0 saturated heterocycles. The molecule has 26 heavy (non-hydrogen) atoms. The number of carbonyl (C=O) groups excluding carboxylic acids is 1. The van der Waals surface area contributed by atoms with Gasteiger partial charge in [0.2, 0.25) is 5.91 Å². The van der Waals surface area contributed by atoms with E-state index in [1.807, 2.05) is 4.57 Å². The number of carbonyl (C=O) groups is 1. The third-order valence-electron chi connectivity index (χ3n) is 5.35. The molecule has 1 aliphatic rings. The van der Waals surface area contributed by atoms with E-state index in [1.54, 1.807) is 29.9 Å². The molecular formula is C17H18F3N5O. The maximum atomic E-state index is 13.0. The predicted octanol–water partition coefficient (Wildman–Crippen LogP) is 3.32. The fraction of sp³-hybridized carbons (Fsp3) is 0.471. The van der Waals surface area contributed by atoms with Gasteiger partial charge < -0.3 is 10.3 Å². The molecule has 1 amide bonds. The maximum absolute atomic E-state index is 13.0. The number of primary amides is 1. The van der Waals surface area contributed by atoms with E-state index in [1.165, 1.54) is 0 Å². The SMILES string of the molecule is Cn1nnc2c3cc(C(N)=O)ccc3n([C@H]3CC[C@@H](C(F)(F)F)CC3)c21. The van der Waals surface area contributed by atoms with Crippen LogP contribution in [-0.4, -0.2) is 31.6 Å². The van der Waals surface area contributed by atoms with Crippen molar-refractivity contribution in [2.45, 2.75) is 37.9 Å². The number of nitrogens with zero attached hydrogens (tertiary/aromatic N) is 4. The molecule has 1 fully saturated rings. The summed E-state index contributed by atoms with van der Waals surface area (Å²) in [5.41, 5.74) is 7.94. The van der Waals surface area contributed by atoms with Crippen LogP contribution in [0.1, 0.15) is 42.1 Å².